The lowest BCUT2D eigenvalue weighted by Crippen LogP contribution is -2.27. The maximum atomic E-state index is 11.6. The highest BCUT2D eigenvalue weighted by molar-refractivity contribution is 5.77. The van der Waals surface area contributed by atoms with Gasteiger partial charge in [0.25, 0.3) is 0 Å². The molecule has 2 rings (SSSR count). The Morgan fingerprint density at radius 3 is 2.65 bits per heavy atom. The van der Waals surface area contributed by atoms with Gasteiger partial charge in [-0.05, 0) is 32.3 Å². The maximum Gasteiger partial charge on any atom is 0.340 e. The number of carbonyl (C=O) groups excluding carboxylic acids is 1. The van der Waals surface area contributed by atoms with Crippen LogP contribution in [0, 0.1) is 13.8 Å². The van der Waals surface area contributed by atoms with Crippen LogP contribution in [0.25, 0.3) is 0 Å². The predicted molar refractivity (Wildman–Crippen MR) is 72.3 cm³/mol. The van der Waals surface area contributed by atoms with E-state index >= 15 is 0 Å². The number of aromatic nitrogens is 5. The molecule has 8 nitrogen and oxygen atoms in total. The van der Waals surface area contributed by atoms with Crippen molar-refractivity contribution in [3.8, 4) is 0 Å². The van der Waals surface area contributed by atoms with Gasteiger partial charge in [0.15, 0.2) is 0 Å². The smallest absolute Gasteiger partial charge is 0.340 e. The number of nitrogens with zero attached hydrogens (tertiary/aromatic N) is 2. The average Bonchev–Trinajstić information content (AvgIpc) is 2.93. The van der Waals surface area contributed by atoms with Crippen molar-refractivity contribution < 1.29 is 4.79 Å². The summed E-state index contributed by atoms with van der Waals surface area (Å²) in [6, 6.07) is 0. The lowest BCUT2D eigenvalue weighted by Gasteiger charge is -2.04. The third-order valence-corrected chi connectivity index (χ3v) is 3.08. The molecule has 0 fully saturated rings. The number of amides is 1. The molecule has 0 aliphatic heterocycles. The Balaban J connectivity index is 1.71. The zero-order valence-electron chi connectivity index (χ0n) is 11.5. The quantitative estimate of drug-likeness (QED) is 0.544. The van der Waals surface area contributed by atoms with E-state index in [0.717, 1.165) is 24.2 Å². The molecule has 1 amide bonds. The molecule has 0 aliphatic carbocycles. The van der Waals surface area contributed by atoms with E-state index < -0.39 is 5.69 Å². The Labute approximate surface area is 115 Å². The molecule has 0 atom stereocenters. The molecule has 0 saturated carbocycles. The minimum Gasteiger partial charge on any atom is -0.356 e. The number of nitrogens with one attached hydrogen (secondary N) is 4. The van der Waals surface area contributed by atoms with E-state index in [-0.39, 0.29) is 12.3 Å². The average molecular weight is 278 g/mol. The van der Waals surface area contributed by atoms with Gasteiger partial charge in [0.05, 0.1) is 12.1 Å². The molecule has 0 radical (unpaired) electrons. The van der Waals surface area contributed by atoms with Crippen LogP contribution >= 0.6 is 0 Å². The van der Waals surface area contributed by atoms with E-state index in [1.807, 2.05) is 13.8 Å². The number of carbonyl (C=O) groups is 1. The number of hydrogen-bond donors (Lipinski definition) is 4. The zero-order chi connectivity index (χ0) is 14.5. The Morgan fingerprint density at radius 1 is 1.25 bits per heavy atom. The van der Waals surface area contributed by atoms with Crippen molar-refractivity contribution in [2.24, 2.45) is 0 Å². The Kier molecular flexibility index (Phi) is 4.34. The van der Waals surface area contributed by atoms with Crippen LogP contribution in [0.2, 0.25) is 0 Å². The normalized spacial score (nSPS) is 10.7. The van der Waals surface area contributed by atoms with Crippen molar-refractivity contribution >= 4 is 5.91 Å². The summed E-state index contributed by atoms with van der Waals surface area (Å²) in [5, 5.41) is 15.8. The van der Waals surface area contributed by atoms with E-state index in [4.69, 9.17) is 0 Å². The number of aryl methyl sites for hydroxylation is 2. The second-order valence-electron chi connectivity index (χ2n) is 4.67. The van der Waals surface area contributed by atoms with E-state index in [1.54, 1.807) is 0 Å². The second-order valence-corrected chi connectivity index (χ2v) is 4.67. The maximum absolute atomic E-state index is 11.6. The highest BCUT2D eigenvalue weighted by Gasteiger charge is 2.08. The van der Waals surface area contributed by atoms with Crippen molar-refractivity contribution in [3.05, 3.63) is 33.3 Å². The summed E-state index contributed by atoms with van der Waals surface area (Å²) in [5.41, 5.74) is 2.88. The van der Waals surface area contributed by atoms with E-state index in [2.05, 4.69) is 30.7 Å². The van der Waals surface area contributed by atoms with Crippen LogP contribution in [0.5, 0.6) is 0 Å². The summed E-state index contributed by atoms with van der Waals surface area (Å²) >= 11 is 0. The highest BCUT2D eigenvalue weighted by atomic mass is 16.2. The molecular formula is C12H18N6O2. The molecule has 0 aromatic carbocycles. The topological polar surface area (TPSA) is 119 Å². The van der Waals surface area contributed by atoms with Crippen LogP contribution in [0.1, 0.15) is 29.2 Å². The van der Waals surface area contributed by atoms with Crippen molar-refractivity contribution in [2.45, 2.75) is 33.1 Å². The van der Waals surface area contributed by atoms with Gasteiger partial charge in [-0.15, -0.1) is 0 Å². The molecule has 0 saturated heterocycles. The standard InChI is InChI=1S/C12H18N6O2/c1-7-9(8(2)16-15-7)4-3-5-13-11(19)6-10-14-12(20)18-17-10/h3-6H2,1-2H3,(H,13,19)(H,15,16)(H2,14,17,18,20). The molecule has 0 aliphatic rings. The Morgan fingerprint density at radius 2 is 2.05 bits per heavy atom. The molecule has 0 unspecified atom stereocenters. The van der Waals surface area contributed by atoms with E-state index in [0.29, 0.717) is 12.4 Å². The zero-order valence-corrected chi connectivity index (χ0v) is 11.5. The summed E-state index contributed by atoms with van der Waals surface area (Å²) in [6.45, 7) is 4.53. The van der Waals surface area contributed by atoms with Gasteiger partial charge < -0.3 is 5.32 Å². The van der Waals surface area contributed by atoms with E-state index in [1.165, 1.54) is 5.56 Å². The van der Waals surface area contributed by atoms with Gasteiger partial charge >= 0.3 is 5.69 Å². The fraction of sp³-hybridized carbons (Fsp3) is 0.500. The number of H-pyrrole nitrogens is 3. The molecule has 2 heterocycles. The molecule has 2 aromatic heterocycles. The molecule has 0 spiro atoms. The van der Waals surface area contributed by atoms with Gasteiger partial charge in [-0.25, -0.2) is 9.89 Å². The third-order valence-electron chi connectivity index (χ3n) is 3.08. The molecule has 108 valence electrons. The SMILES string of the molecule is Cc1n[nH]c(C)c1CCCNC(=O)Cc1n[nH]c(=O)[nH]1. The van der Waals surface area contributed by atoms with Gasteiger partial charge in [-0.1, -0.05) is 0 Å². The van der Waals surface area contributed by atoms with Crippen LogP contribution in [0.4, 0.5) is 0 Å². The lowest BCUT2D eigenvalue weighted by molar-refractivity contribution is -0.120. The van der Waals surface area contributed by atoms with Gasteiger partial charge in [-0.3, -0.25) is 14.9 Å². The highest BCUT2D eigenvalue weighted by Crippen LogP contribution is 2.11. The molecule has 0 bridgehead atoms. The second kappa shape index (κ2) is 6.18. The van der Waals surface area contributed by atoms with Gasteiger partial charge in [0.2, 0.25) is 5.91 Å². The summed E-state index contributed by atoms with van der Waals surface area (Å²) in [5.74, 6) is 0.183. The fourth-order valence-corrected chi connectivity index (χ4v) is 2.04. The summed E-state index contributed by atoms with van der Waals surface area (Å²) in [4.78, 5) is 24.9. The largest absolute Gasteiger partial charge is 0.356 e. The van der Waals surface area contributed by atoms with Crippen molar-refractivity contribution in [1.82, 2.24) is 30.7 Å². The fourth-order valence-electron chi connectivity index (χ4n) is 2.04. The summed E-state index contributed by atoms with van der Waals surface area (Å²) < 4.78 is 0. The van der Waals surface area contributed by atoms with Crippen LogP contribution in [0.3, 0.4) is 0 Å². The van der Waals surface area contributed by atoms with Crippen LogP contribution < -0.4 is 11.0 Å². The third kappa shape index (κ3) is 3.56. The number of rotatable bonds is 6. The number of hydrogen-bond acceptors (Lipinski definition) is 4. The van der Waals surface area contributed by atoms with Crippen molar-refractivity contribution in [1.29, 1.82) is 0 Å². The first-order valence-corrected chi connectivity index (χ1v) is 6.47. The monoisotopic (exact) mass is 278 g/mol. The predicted octanol–water partition coefficient (Wildman–Crippen LogP) is -0.271. The molecule has 2 aromatic rings. The molecule has 20 heavy (non-hydrogen) atoms. The Bertz CT molecular complexity index is 619. The van der Waals surface area contributed by atoms with Crippen molar-refractivity contribution in [2.75, 3.05) is 6.54 Å². The summed E-state index contributed by atoms with van der Waals surface area (Å²) in [7, 11) is 0. The minimum absolute atomic E-state index is 0.0719. The minimum atomic E-state index is -0.404. The first-order valence-electron chi connectivity index (χ1n) is 6.47. The first-order chi connectivity index (χ1) is 9.56. The lowest BCUT2D eigenvalue weighted by atomic mass is 10.1. The molecule has 4 N–H and O–H groups in total. The van der Waals surface area contributed by atoms with Crippen LogP contribution in [-0.4, -0.2) is 37.8 Å². The van der Waals surface area contributed by atoms with Gasteiger partial charge in [-0.2, -0.15) is 10.2 Å². The molecule has 8 heteroatoms. The van der Waals surface area contributed by atoms with Crippen molar-refractivity contribution in [3.63, 3.8) is 0 Å². The molecular weight excluding hydrogens is 260 g/mol. The van der Waals surface area contributed by atoms with Crippen LogP contribution in [0.15, 0.2) is 4.79 Å². The number of aromatic amines is 3. The van der Waals surface area contributed by atoms with Crippen LogP contribution in [-0.2, 0) is 17.6 Å². The first kappa shape index (κ1) is 14.0. The Hall–Kier alpha value is -2.38. The summed E-state index contributed by atoms with van der Waals surface area (Å²) in [6.07, 6.45) is 1.78. The van der Waals surface area contributed by atoms with Gasteiger partial charge in [0, 0.05) is 12.2 Å². The van der Waals surface area contributed by atoms with Gasteiger partial charge in [0.1, 0.15) is 5.82 Å². The van der Waals surface area contributed by atoms with E-state index in [9.17, 15) is 9.59 Å².